The number of nitrogens with zero attached hydrogens (tertiary/aromatic N) is 2. The lowest BCUT2D eigenvalue weighted by molar-refractivity contribution is -0.258. The third-order valence-electron chi connectivity index (χ3n) is 2.40. The van der Waals surface area contributed by atoms with Crippen LogP contribution in [0.4, 0.5) is 17.6 Å². The molecular formula is C10H6F4N2O2. The zero-order chi connectivity index (χ0) is 13.6. The van der Waals surface area contributed by atoms with Gasteiger partial charge in [0.25, 0.3) is 0 Å². The van der Waals surface area contributed by atoms with E-state index in [2.05, 4.69) is 4.98 Å². The van der Waals surface area contributed by atoms with Crippen LogP contribution < -0.4 is 0 Å². The molecule has 0 aliphatic rings. The summed E-state index contributed by atoms with van der Waals surface area (Å²) in [4.78, 5) is 13.7. The minimum absolute atomic E-state index is 0.0679. The molecule has 1 aromatic carbocycles. The molecule has 18 heavy (non-hydrogen) atoms. The van der Waals surface area contributed by atoms with Crippen molar-refractivity contribution in [3.05, 3.63) is 30.6 Å². The van der Waals surface area contributed by atoms with Crippen LogP contribution in [0.15, 0.2) is 30.6 Å². The summed E-state index contributed by atoms with van der Waals surface area (Å²) in [5, 5.41) is 8.18. The molecule has 2 rings (SSSR count). The third-order valence-corrected chi connectivity index (χ3v) is 2.40. The Labute approximate surface area is 97.5 Å². The molecule has 96 valence electrons. The summed E-state index contributed by atoms with van der Waals surface area (Å²) in [5.74, 6) is -8.12. The van der Waals surface area contributed by atoms with E-state index in [9.17, 15) is 22.4 Å². The first kappa shape index (κ1) is 12.3. The Morgan fingerprint density at radius 2 is 1.83 bits per heavy atom. The summed E-state index contributed by atoms with van der Waals surface area (Å²) < 4.78 is 53.0. The van der Waals surface area contributed by atoms with Gasteiger partial charge in [-0.15, -0.1) is 0 Å². The number of para-hydroxylation sites is 2. The molecule has 1 aromatic heterocycles. The monoisotopic (exact) mass is 262 g/mol. The number of carboxylic acids is 1. The maximum absolute atomic E-state index is 13.5. The summed E-state index contributed by atoms with van der Waals surface area (Å²) in [6, 6.07) is 0.437. The maximum Gasteiger partial charge on any atom is 0.424 e. The largest absolute Gasteiger partial charge is 0.477 e. The van der Waals surface area contributed by atoms with E-state index in [-0.39, 0.29) is 15.6 Å². The molecule has 0 bridgehead atoms. The van der Waals surface area contributed by atoms with Gasteiger partial charge in [-0.1, -0.05) is 12.1 Å². The van der Waals surface area contributed by atoms with E-state index in [1.807, 2.05) is 0 Å². The summed E-state index contributed by atoms with van der Waals surface area (Å²) in [6.45, 7) is 0. The summed E-state index contributed by atoms with van der Waals surface area (Å²) >= 11 is 0. The number of aliphatic carboxylic acids is 1. The summed E-state index contributed by atoms with van der Waals surface area (Å²) in [5.41, 5.74) is -0.207. The van der Waals surface area contributed by atoms with Crippen LogP contribution in [0, 0.1) is 0 Å². The molecule has 0 aliphatic carbocycles. The Bertz CT molecular complexity index is 609. The van der Waals surface area contributed by atoms with Crippen LogP contribution in [0.3, 0.4) is 0 Å². The molecule has 0 unspecified atom stereocenters. The average Bonchev–Trinajstić information content (AvgIpc) is 2.72. The smallest absolute Gasteiger partial charge is 0.424 e. The first-order chi connectivity index (χ1) is 8.28. The number of carboxylic acid groups (broad SMARTS) is 1. The Balaban J connectivity index is 2.64. The highest BCUT2D eigenvalue weighted by molar-refractivity contribution is 5.78. The Hall–Kier alpha value is -2.12. The first-order valence-electron chi connectivity index (χ1n) is 4.70. The quantitative estimate of drug-likeness (QED) is 0.863. The highest BCUT2D eigenvalue weighted by atomic mass is 19.3. The topological polar surface area (TPSA) is 55.1 Å². The minimum atomic E-state index is -5.23. The van der Waals surface area contributed by atoms with Crippen LogP contribution in [0.5, 0.6) is 0 Å². The van der Waals surface area contributed by atoms with E-state index in [0.717, 1.165) is 6.07 Å². The van der Waals surface area contributed by atoms with Crippen molar-refractivity contribution in [2.24, 2.45) is 0 Å². The lowest BCUT2D eigenvalue weighted by Crippen LogP contribution is -2.48. The molecule has 0 atom stereocenters. The molecule has 0 radical (unpaired) electrons. The van der Waals surface area contributed by atoms with Crippen LogP contribution in [0.25, 0.3) is 11.0 Å². The van der Waals surface area contributed by atoms with E-state index < -0.39 is 17.9 Å². The third kappa shape index (κ3) is 1.52. The fourth-order valence-electron chi connectivity index (χ4n) is 1.46. The molecular weight excluding hydrogens is 256 g/mol. The number of rotatable bonds is 3. The lowest BCUT2D eigenvalue weighted by atomic mass is 10.2. The number of carbonyl (C=O) groups is 1. The second-order valence-electron chi connectivity index (χ2n) is 3.52. The van der Waals surface area contributed by atoms with Crippen molar-refractivity contribution in [1.29, 1.82) is 0 Å². The predicted molar refractivity (Wildman–Crippen MR) is 52.5 cm³/mol. The van der Waals surface area contributed by atoms with Crippen molar-refractivity contribution in [2.45, 2.75) is 12.0 Å². The highest BCUT2D eigenvalue weighted by Gasteiger charge is 2.64. The molecule has 0 amide bonds. The van der Waals surface area contributed by atoms with Crippen molar-refractivity contribution in [3.63, 3.8) is 0 Å². The van der Waals surface area contributed by atoms with Crippen molar-refractivity contribution in [3.8, 4) is 0 Å². The molecule has 4 nitrogen and oxygen atoms in total. The zero-order valence-electron chi connectivity index (χ0n) is 8.65. The van der Waals surface area contributed by atoms with Crippen LogP contribution in [0.1, 0.15) is 0 Å². The van der Waals surface area contributed by atoms with Gasteiger partial charge in [-0.25, -0.2) is 9.78 Å². The van der Waals surface area contributed by atoms with E-state index in [1.165, 1.54) is 18.2 Å². The first-order valence-corrected chi connectivity index (χ1v) is 4.70. The Morgan fingerprint density at radius 1 is 1.22 bits per heavy atom. The van der Waals surface area contributed by atoms with Gasteiger partial charge in [0.2, 0.25) is 0 Å². The number of hydrogen-bond donors (Lipinski definition) is 1. The Kier molecular flexibility index (Phi) is 2.53. The second-order valence-corrected chi connectivity index (χ2v) is 3.52. The van der Waals surface area contributed by atoms with Gasteiger partial charge in [0.1, 0.15) is 6.33 Å². The highest BCUT2D eigenvalue weighted by Crippen LogP contribution is 2.40. The number of alkyl halides is 4. The van der Waals surface area contributed by atoms with E-state index in [4.69, 9.17) is 5.11 Å². The number of benzene rings is 1. The van der Waals surface area contributed by atoms with Gasteiger partial charge < -0.3 is 5.11 Å². The molecule has 0 saturated heterocycles. The number of halogens is 4. The Morgan fingerprint density at radius 3 is 2.44 bits per heavy atom. The molecule has 0 aliphatic heterocycles. The van der Waals surface area contributed by atoms with Gasteiger partial charge in [0.15, 0.2) is 0 Å². The molecule has 1 N–H and O–H groups in total. The molecule has 0 saturated carbocycles. The van der Waals surface area contributed by atoms with E-state index in [0.29, 0.717) is 6.33 Å². The van der Waals surface area contributed by atoms with Crippen molar-refractivity contribution in [2.75, 3.05) is 0 Å². The van der Waals surface area contributed by atoms with Gasteiger partial charge in [0, 0.05) is 0 Å². The van der Waals surface area contributed by atoms with Gasteiger partial charge in [-0.3, -0.25) is 4.57 Å². The fraction of sp³-hybridized carbons (Fsp3) is 0.200. The van der Waals surface area contributed by atoms with E-state index in [1.54, 1.807) is 0 Å². The van der Waals surface area contributed by atoms with Gasteiger partial charge in [-0.2, -0.15) is 17.6 Å². The number of imidazole rings is 1. The fourth-order valence-corrected chi connectivity index (χ4v) is 1.46. The summed E-state index contributed by atoms with van der Waals surface area (Å²) in [7, 11) is 0. The number of aromatic nitrogens is 2. The molecule has 2 aromatic rings. The van der Waals surface area contributed by atoms with Crippen LogP contribution in [-0.2, 0) is 10.8 Å². The molecule has 0 spiro atoms. The van der Waals surface area contributed by atoms with Gasteiger partial charge in [0.05, 0.1) is 11.0 Å². The second kappa shape index (κ2) is 3.69. The SMILES string of the molecule is O=C(O)C(F)(F)C(F)(F)n1cnc2ccccc21. The van der Waals surface area contributed by atoms with E-state index >= 15 is 0 Å². The molecule has 8 heteroatoms. The molecule has 1 heterocycles. The predicted octanol–water partition coefficient (Wildman–Crippen LogP) is 2.31. The van der Waals surface area contributed by atoms with Crippen molar-refractivity contribution in [1.82, 2.24) is 9.55 Å². The zero-order valence-corrected chi connectivity index (χ0v) is 8.65. The average molecular weight is 262 g/mol. The maximum atomic E-state index is 13.5. The van der Waals surface area contributed by atoms with Crippen molar-refractivity contribution < 1.29 is 27.5 Å². The van der Waals surface area contributed by atoms with Crippen molar-refractivity contribution >= 4 is 17.0 Å². The molecule has 0 fully saturated rings. The number of fused-ring (bicyclic) bond motifs is 1. The van der Waals surface area contributed by atoms with Gasteiger partial charge >= 0.3 is 17.9 Å². The van der Waals surface area contributed by atoms with Crippen LogP contribution in [-0.4, -0.2) is 26.5 Å². The lowest BCUT2D eigenvalue weighted by Gasteiger charge is -2.24. The summed E-state index contributed by atoms with van der Waals surface area (Å²) in [6.07, 6.45) is 0.488. The standard InChI is InChI=1S/C10H6F4N2O2/c11-9(12,8(17)18)10(13,14)16-5-15-6-3-1-2-4-7(6)16/h1-5H,(H,17,18). The number of hydrogen-bond acceptors (Lipinski definition) is 2. The van der Waals surface area contributed by atoms with Crippen LogP contribution >= 0.6 is 0 Å². The normalized spacial score (nSPS) is 12.9. The van der Waals surface area contributed by atoms with Gasteiger partial charge in [-0.05, 0) is 12.1 Å². The minimum Gasteiger partial charge on any atom is -0.477 e. The van der Waals surface area contributed by atoms with Crippen LogP contribution in [0.2, 0.25) is 0 Å².